The smallest absolute Gasteiger partial charge is 0.217 e. The number of rotatable bonds is 6. The fraction of sp³-hybridized carbons (Fsp3) is 0.545. The van der Waals surface area contributed by atoms with E-state index < -0.39 is 28.6 Å². The van der Waals surface area contributed by atoms with Crippen LogP contribution in [0.1, 0.15) is 44.8 Å². The molecule has 8 nitrogen and oxygen atoms in total. The van der Waals surface area contributed by atoms with Gasteiger partial charge in [0.2, 0.25) is 17.1 Å². The van der Waals surface area contributed by atoms with Gasteiger partial charge in [-0.05, 0) is 30.5 Å². The number of methoxy groups -OCH3 is 2. The molecule has 0 aliphatic carbocycles. The van der Waals surface area contributed by atoms with Gasteiger partial charge < -0.3 is 18.9 Å². The first-order valence-electron chi connectivity index (χ1n) is 9.81. The van der Waals surface area contributed by atoms with Crippen LogP contribution >= 0.6 is 0 Å². The molecule has 2 aliphatic rings. The van der Waals surface area contributed by atoms with Gasteiger partial charge in [-0.3, -0.25) is 5.41 Å². The Morgan fingerprint density at radius 2 is 1.63 bits per heavy atom. The molecule has 1 aromatic carbocycles. The largest absolute Gasteiger partial charge is 0.497 e. The third kappa shape index (κ3) is 2.49. The summed E-state index contributed by atoms with van der Waals surface area (Å²) in [6, 6.07) is 11.2. The summed E-state index contributed by atoms with van der Waals surface area (Å²) < 4.78 is 23.0. The molecule has 0 saturated carbocycles. The van der Waals surface area contributed by atoms with E-state index in [4.69, 9.17) is 24.4 Å². The van der Waals surface area contributed by atoms with Gasteiger partial charge in [0.15, 0.2) is 5.41 Å². The van der Waals surface area contributed by atoms with E-state index in [9.17, 15) is 15.8 Å². The summed E-state index contributed by atoms with van der Waals surface area (Å²) in [4.78, 5) is 0. The van der Waals surface area contributed by atoms with Crippen molar-refractivity contribution in [2.75, 3.05) is 14.2 Å². The Morgan fingerprint density at radius 3 is 2.07 bits per heavy atom. The molecule has 30 heavy (non-hydrogen) atoms. The van der Waals surface area contributed by atoms with Crippen LogP contribution in [0, 0.1) is 56.2 Å². The molecule has 2 fully saturated rings. The van der Waals surface area contributed by atoms with Crippen molar-refractivity contribution in [2.24, 2.45) is 16.7 Å². The maximum Gasteiger partial charge on any atom is 0.217 e. The lowest BCUT2D eigenvalue weighted by Gasteiger charge is -2.49. The Bertz CT molecular complexity index is 952. The van der Waals surface area contributed by atoms with Crippen LogP contribution in [0.2, 0.25) is 0 Å². The molecule has 0 radical (unpaired) electrons. The third-order valence-corrected chi connectivity index (χ3v) is 6.23. The van der Waals surface area contributed by atoms with Crippen molar-refractivity contribution in [3.8, 4) is 29.7 Å². The highest BCUT2D eigenvalue weighted by Crippen LogP contribution is 2.68. The monoisotopic (exact) mass is 408 g/mol. The number of fused-ring (bicyclic) bond motifs is 2. The first-order chi connectivity index (χ1) is 14.4. The van der Waals surface area contributed by atoms with E-state index in [-0.39, 0.29) is 5.90 Å². The van der Waals surface area contributed by atoms with Gasteiger partial charge in [-0.15, -0.1) is 0 Å². The van der Waals surface area contributed by atoms with E-state index >= 15 is 0 Å². The van der Waals surface area contributed by atoms with E-state index in [1.807, 2.05) is 13.8 Å². The lowest BCUT2D eigenvalue weighted by molar-refractivity contribution is -0.286. The zero-order valence-electron chi connectivity index (χ0n) is 17.5. The summed E-state index contributed by atoms with van der Waals surface area (Å²) in [5.41, 5.74) is -3.31. The second kappa shape index (κ2) is 7.52. The summed E-state index contributed by atoms with van der Waals surface area (Å²) in [6.45, 7) is 3.80. The number of hydrogen-bond donors (Lipinski definition) is 1. The zero-order chi connectivity index (χ0) is 22.2. The average Bonchev–Trinajstić information content (AvgIpc) is 2.96. The molecule has 2 saturated heterocycles. The SMILES string of the molecule is CCCC12OC(=N)C(C#N)(C1CC)C(C#N)(C#N)C(c1cc(OC)cc(OC)c1)O2. The quantitative estimate of drug-likeness (QED) is 0.756. The van der Waals surface area contributed by atoms with Gasteiger partial charge in [0.25, 0.3) is 0 Å². The molecule has 1 aromatic rings. The van der Waals surface area contributed by atoms with Crippen LogP contribution in [0.3, 0.4) is 0 Å². The van der Waals surface area contributed by atoms with E-state index in [1.54, 1.807) is 18.2 Å². The van der Waals surface area contributed by atoms with Crippen molar-refractivity contribution in [2.45, 2.75) is 45.0 Å². The minimum atomic E-state index is -2.00. The van der Waals surface area contributed by atoms with Gasteiger partial charge in [-0.25, -0.2) is 0 Å². The molecule has 4 unspecified atom stereocenters. The predicted octanol–water partition coefficient (Wildman–Crippen LogP) is 3.85. The number of nitriles is 3. The summed E-state index contributed by atoms with van der Waals surface area (Å²) in [5.74, 6) is -1.38. The van der Waals surface area contributed by atoms with Gasteiger partial charge in [0.1, 0.15) is 17.6 Å². The Kier molecular flexibility index (Phi) is 5.37. The van der Waals surface area contributed by atoms with Gasteiger partial charge in [-0.1, -0.05) is 13.8 Å². The molecular weight excluding hydrogens is 384 g/mol. The van der Waals surface area contributed by atoms with Crippen LogP contribution in [0.15, 0.2) is 18.2 Å². The van der Waals surface area contributed by atoms with E-state index in [2.05, 4.69) is 18.2 Å². The van der Waals surface area contributed by atoms with Gasteiger partial charge in [-0.2, -0.15) is 15.8 Å². The zero-order valence-corrected chi connectivity index (χ0v) is 17.5. The van der Waals surface area contributed by atoms with Crippen LogP contribution in [0.25, 0.3) is 0 Å². The van der Waals surface area contributed by atoms with Gasteiger partial charge in [0, 0.05) is 12.5 Å². The molecule has 1 N–H and O–H groups in total. The number of nitrogens with zero attached hydrogens (tertiary/aromatic N) is 3. The van der Waals surface area contributed by atoms with Crippen molar-refractivity contribution < 1.29 is 18.9 Å². The maximum absolute atomic E-state index is 10.3. The lowest BCUT2D eigenvalue weighted by Crippen LogP contribution is -2.59. The molecule has 2 bridgehead atoms. The second-order valence-electron chi connectivity index (χ2n) is 7.55. The molecule has 156 valence electrons. The molecule has 8 heteroatoms. The Balaban J connectivity index is 2.35. The topological polar surface area (TPSA) is 132 Å². The first kappa shape index (κ1) is 21.4. The lowest BCUT2D eigenvalue weighted by atomic mass is 9.52. The molecule has 3 rings (SSSR count). The highest BCUT2D eigenvalue weighted by molar-refractivity contribution is 5.89. The van der Waals surface area contributed by atoms with Crippen LogP contribution < -0.4 is 9.47 Å². The molecule has 0 spiro atoms. The number of hydrogen-bond acceptors (Lipinski definition) is 8. The summed E-state index contributed by atoms with van der Waals surface area (Å²) in [5, 5.41) is 39.4. The summed E-state index contributed by atoms with van der Waals surface area (Å²) in [6.07, 6.45) is 0.358. The molecule has 2 heterocycles. The molecule has 0 aromatic heterocycles. The Morgan fingerprint density at radius 1 is 1.03 bits per heavy atom. The minimum absolute atomic E-state index is 0.384. The van der Waals surface area contributed by atoms with Crippen LogP contribution in [-0.2, 0) is 9.47 Å². The Labute approximate surface area is 176 Å². The van der Waals surface area contributed by atoms with Crippen LogP contribution in [0.5, 0.6) is 11.5 Å². The minimum Gasteiger partial charge on any atom is -0.497 e. The van der Waals surface area contributed by atoms with Crippen LogP contribution in [-0.4, -0.2) is 25.9 Å². The highest BCUT2D eigenvalue weighted by atomic mass is 16.7. The standard InChI is InChI=1S/C22H24N4O4/c1-5-7-22-17(6-2)21(13-25,19(26)30-22)20(11-23,12-24)18(29-22)14-8-15(27-3)10-16(9-14)28-4/h8-10,17-18,26H,5-7H2,1-4H3. The maximum atomic E-state index is 10.3. The van der Waals surface area contributed by atoms with Gasteiger partial charge >= 0.3 is 0 Å². The molecule has 2 aliphatic heterocycles. The number of ether oxygens (including phenoxy) is 4. The summed E-state index contributed by atoms with van der Waals surface area (Å²) in [7, 11) is 2.99. The first-order valence-corrected chi connectivity index (χ1v) is 9.81. The van der Waals surface area contributed by atoms with E-state index in [1.165, 1.54) is 14.2 Å². The van der Waals surface area contributed by atoms with Crippen molar-refractivity contribution in [1.29, 1.82) is 21.2 Å². The summed E-state index contributed by atoms with van der Waals surface area (Å²) >= 11 is 0. The predicted molar refractivity (Wildman–Crippen MR) is 105 cm³/mol. The molecule has 0 amide bonds. The van der Waals surface area contributed by atoms with Crippen molar-refractivity contribution >= 4 is 5.90 Å². The fourth-order valence-corrected chi connectivity index (χ4v) is 4.95. The molecule has 4 atom stereocenters. The van der Waals surface area contributed by atoms with Crippen molar-refractivity contribution in [3.63, 3.8) is 0 Å². The Hall–Kier alpha value is -3.28. The highest BCUT2D eigenvalue weighted by Gasteiger charge is 2.79. The van der Waals surface area contributed by atoms with Gasteiger partial charge in [0.05, 0.1) is 38.3 Å². The fourth-order valence-electron chi connectivity index (χ4n) is 4.95. The van der Waals surface area contributed by atoms with Crippen molar-refractivity contribution in [1.82, 2.24) is 0 Å². The second-order valence-corrected chi connectivity index (χ2v) is 7.55. The van der Waals surface area contributed by atoms with E-state index in [0.717, 1.165) is 0 Å². The average molecular weight is 408 g/mol. The number of nitrogens with one attached hydrogen (secondary N) is 1. The normalized spacial score (nSPS) is 31.0. The van der Waals surface area contributed by atoms with Crippen LogP contribution in [0.4, 0.5) is 0 Å². The van der Waals surface area contributed by atoms with Crippen molar-refractivity contribution in [3.05, 3.63) is 23.8 Å². The molecular formula is C22H24N4O4. The third-order valence-electron chi connectivity index (χ3n) is 6.23. The van der Waals surface area contributed by atoms with E-state index in [0.29, 0.717) is 36.3 Å². The number of benzene rings is 1.